The van der Waals surface area contributed by atoms with E-state index in [1.807, 2.05) is 25.2 Å². The summed E-state index contributed by atoms with van der Waals surface area (Å²) in [4.78, 5) is 2.19. The predicted molar refractivity (Wildman–Crippen MR) is 89.5 cm³/mol. The lowest BCUT2D eigenvalue weighted by Crippen LogP contribution is -2.29. The van der Waals surface area contributed by atoms with Gasteiger partial charge in [0.2, 0.25) is 10.0 Å². The van der Waals surface area contributed by atoms with Crippen LogP contribution >= 0.6 is 0 Å². The second-order valence-corrected chi connectivity index (χ2v) is 7.78. The number of aliphatic hydroxyl groups is 1. The summed E-state index contributed by atoms with van der Waals surface area (Å²) >= 11 is 0. The van der Waals surface area contributed by atoms with E-state index < -0.39 is 16.1 Å². The lowest BCUT2D eigenvalue weighted by molar-refractivity contribution is 0.182. The number of hydrogen-bond donors (Lipinski definition) is 2. The highest BCUT2D eigenvalue weighted by Crippen LogP contribution is 2.29. The molecule has 2 N–H and O–H groups in total. The van der Waals surface area contributed by atoms with E-state index in [0.29, 0.717) is 11.3 Å². The van der Waals surface area contributed by atoms with Crippen LogP contribution in [0.3, 0.4) is 0 Å². The molecule has 1 aliphatic rings. The number of aryl methyl sites for hydroxylation is 2. The molecular formula is C16H21N3O4S. The maximum absolute atomic E-state index is 12.4. The molecule has 130 valence electrons. The van der Waals surface area contributed by atoms with E-state index in [9.17, 15) is 13.5 Å². The van der Waals surface area contributed by atoms with Gasteiger partial charge in [-0.25, -0.2) is 13.1 Å². The summed E-state index contributed by atoms with van der Waals surface area (Å²) < 4.78 is 32.1. The summed E-state index contributed by atoms with van der Waals surface area (Å²) in [5, 5.41) is 14.0. The number of aliphatic hydroxyl groups excluding tert-OH is 1. The monoisotopic (exact) mass is 351 g/mol. The van der Waals surface area contributed by atoms with Crippen LogP contribution in [-0.2, 0) is 16.4 Å². The first kappa shape index (κ1) is 16.9. The molecule has 2 aromatic rings. The molecule has 1 aliphatic heterocycles. The van der Waals surface area contributed by atoms with Crippen LogP contribution in [0.25, 0.3) is 0 Å². The number of likely N-dealkylation sites (N-methyl/N-ethyl adjacent to an activating group) is 1. The van der Waals surface area contributed by atoms with Crippen molar-refractivity contribution in [1.82, 2.24) is 9.88 Å². The number of benzene rings is 1. The average Bonchev–Trinajstić information content (AvgIpc) is 3.08. The summed E-state index contributed by atoms with van der Waals surface area (Å²) in [7, 11) is -1.75. The van der Waals surface area contributed by atoms with Gasteiger partial charge >= 0.3 is 0 Å². The first-order valence-electron chi connectivity index (χ1n) is 7.74. The van der Waals surface area contributed by atoms with E-state index in [4.69, 9.17) is 4.52 Å². The third-order valence-electron chi connectivity index (χ3n) is 4.32. The van der Waals surface area contributed by atoms with Crippen LogP contribution < -0.4 is 9.62 Å². The molecule has 3 rings (SSSR count). The maximum Gasteiger partial charge on any atom is 0.246 e. The standard InChI is InChI=1S/C16H21N3O4S/c1-10-16(11(2)23-18-10)24(21,22)17-9-15(20)13-4-5-14-12(8-13)6-7-19(14)3/h4-5,8,15,17,20H,6-7,9H2,1-3H3/t15-/m1/s1. The molecule has 1 atom stereocenters. The number of rotatable bonds is 5. The van der Waals surface area contributed by atoms with E-state index >= 15 is 0 Å². The second-order valence-electron chi connectivity index (χ2n) is 6.08. The van der Waals surface area contributed by atoms with Crippen LogP contribution in [0.15, 0.2) is 27.6 Å². The van der Waals surface area contributed by atoms with Gasteiger partial charge in [0.25, 0.3) is 0 Å². The molecule has 8 heteroatoms. The summed E-state index contributed by atoms with van der Waals surface area (Å²) in [6.45, 7) is 3.95. The Morgan fingerprint density at radius 3 is 2.83 bits per heavy atom. The molecule has 7 nitrogen and oxygen atoms in total. The fourth-order valence-electron chi connectivity index (χ4n) is 3.03. The van der Waals surface area contributed by atoms with E-state index in [2.05, 4.69) is 14.8 Å². The van der Waals surface area contributed by atoms with Gasteiger partial charge < -0.3 is 14.5 Å². The quantitative estimate of drug-likeness (QED) is 0.843. The zero-order valence-corrected chi connectivity index (χ0v) is 14.7. The highest BCUT2D eigenvalue weighted by atomic mass is 32.2. The molecule has 2 heterocycles. The van der Waals surface area contributed by atoms with Gasteiger partial charge in [0, 0.05) is 25.8 Å². The largest absolute Gasteiger partial charge is 0.387 e. The first-order chi connectivity index (χ1) is 11.3. The molecule has 0 saturated carbocycles. The van der Waals surface area contributed by atoms with Crippen LogP contribution in [0.4, 0.5) is 5.69 Å². The van der Waals surface area contributed by atoms with Crippen molar-refractivity contribution in [3.63, 3.8) is 0 Å². The number of fused-ring (bicyclic) bond motifs is 1. The average molecular weight is 351 g/mol. The topological polar surface area (TPSA) is 95.7 Å². The third-order valence-corrected chi connectivity index (χ3v) is 5.99. The van der Waals surface area contributed by atoms with Crippen molar-refractivity contribution in [2.45, 2.75) is 31.3 Å². The van der Waals surface area contributed by atoms with Gasteiger partial charge in [-0.1, -0.05) is 17.3 Å². The summed E-state index contributed by atoms with van der Waals surface area (Å²) in [6, 6.07) is 5.73. The highest BCUT2D eigenvalue weighted by molar-refractivity contribution is 7.89. The summed E-state index contributed by atoms with van der Waals surface area (Å²) in [5.74, 6) is 0.232. The van der Waals surface area contributed by atoms with Gasteiger partial charge in [-0.15, -0.1) is 0 Å². The van der Waals surface area contributed by atoms with E-state index in [1.165, 1.54) is 5.56 Å². The van der Waals surface area contributed by atoms with Crippen LogP contribution in [0.2, 0.25) is 0 Å². The predicted octanol–water partition coefficient (Wildman–Crippen LogP) is 1.30. The number of nitrogens with one attached hydrogen (secondary N) is 1. The minimum atomic E-state index is -3.78. The van der Waals surface area contributed by atoms with Crippen molar-refractivity contribution in [2.24, 2.45) is 0 Å². The van der Waals surface area contributed by atoms with Gasteiger partial charge in [-0.2, -0.15) is 0 Å². The Kier molecular flexibility index (Phi) is 4.37. The van der Waals surface area contributed by atoms with Gasteiger partial charge in [-0.05, 0) is 37.5 Å². The number of sulfonamides is 1. The molecule has 0 aliphatic carbocycles. The first-order valence-corrected chi connectivity index (χ1v) is 9.22. The SMILES string of the molecule is Cc1noc(C)c1S(=O)(=O)NC[C@@H](O)c1ccc2c(c1)CCN2C. The molecule has 1 aromatic carbocycles. The second kappa shape index (κ2) is 6.19. The Balaban J connectivity index is 1.73. The fraction of sp³-hybridized carbons (Fsp3) is 0.438. The molecule has 0 fully saturated rings. The summed E-state index contributed by atoms with van der Waals surface area (Å²) in [6.07, 6.45) is 0.00783. The smallest absolute Gasteiger partial charge is 0.246 e. The Morgan fingerprint density at radius 2 is 2.17 bits per heavy atom. The van der Waals surface area contributed by atoms with Gasteiger partial charge in [0.15, 0.2) is 5.76 Å². The zero-order valence-electron chi connectivity index (χ0n) is 13.9. The van der Waals surface area contributed by atoms with Gasteiger partial charge in [0.05, 0.1) is 6.10 Å². The fourth-order valence-corrected chi connectivity index (χ4v) is 4.39. The molecule has 0 radical (unpaired) electrons. The molecule has 0 unspecified atom stereocenters. The Labute approximate surface area is 141 Å². The van der Waals surface area contributed by atoms with Crippen molar-refractivity contribution in [3.8, 4) is 0 Å². The van der Waals surface area contributed by atoms with Crippen molar-refractivity contribution < 1.29 is 18.0 Å². The van der Waals surface area contributed by atoms with Crippen LogP contribution in [0, 0.1) is 13.8 Å². The normalized spacial score (nSPS) is 15.6. The van der Waals surface area contributed by atoms with E-state index in [0.717, 1.165) is 18.7 Å². The van der Waals surface area contributed by atoms with Crippen molar-refractivity contribution in [1.29, 1.82) is 0 Å². The van der Waals surface area contributed by atoms with Crippen LogP contribution in [-0.4, -0.2) is 38.8 Å². The Hall–Kier alpha value is -1.90. The minimum Gasteiger partial charge on any atom is -0.387 e. The zero-order chi connectivity index (χ0) is 17.5. The molecule has 24 heavy (non-hydrogen) atoms. The third kappa shape index (κ3) is 3.04. The van der Waals surface area contributed by atoms with Crippen LogP contribution in [0.5, 0.6) is 0 Å². The van der Waals surface area contributed by atoms with Crippen molar-refractivity contribution in [2.75, 3.05) is 25.0 Å². The number of hydrogen-bond acceptors (Lipinski definition) is 6. The Bertz CT molecular complexity index is 841. The maximum atomic E-state index is 12.4. The van der Waals surface area contributed by atoms with Crippen LogP contribution in [0.1, 0.15) is 28.7 Å². The molecule has 0 bridgehead atoms. The van der Waals surface area contributed by atoms with E-state index in [1.54, 1.807) is 13.8 Å². The van der Waals surface area contributed by atoms with Crippen molar-refractivity contribution >= 4 is 15.7 Å². The van der Waals surface area contributed by atoms with Gasteiger partial charge in [-0.3, -0.25) is 0 Å². The molecule has 0 amide bonds. The molecular weight excluding hydrogens is 330 g/mol. The highest BCUT2D eigenvalue weighted by Gasteiger charge is 2.25. The summed E-state index contributed by atoms with van der Waals surface area (Å²) in [5.41, 5.74) is 3.32. The lowest BCUT2D eigenvalue weighted by Gasteiger charge is -2.15. The minimum absolute atomic E-state index is 0.0327. The molecule has 1 aromatic heterocycles. The Morgan fingerprint density at radius 1 is 1.42 bits per heavy atom. The molecule has 0 spiro atoms. The number of anilines is 1. The molecule has 0 saturated heterocycles. The number of aromatic nitrogens is 1. The van der Waals surface area contributed by atoms with Crippen molar-refractivity contribution in [3.05, 3.63) is 40.8 Å². The lowest BCUT2D eigenvalue weighted by atomic mass is 10.0. The number of nitrogens with zero attached hydrogens (tertiary/aromatic N) is 2. The van der Waals surface area contributed by atoms with E-state index in [-0.39, 0.29) is 17.2 Å². The van der Waals surface area contributed by atoms with Gasteiger partial charge in [0.1, 0.15) is 10.6 Å².